The van der Waals surface area contributed by atoms with E-state index in [9.17, 15) is 9.59 Å². The molecule has 2 aromatic carbocycles. The fourth-order valence-corrected chi connectivity index (χ4v) is 3.46. The first kappa shape index (κ1) is 18.0. The summed E-state index contributed by atoms with van der Waals surface area (Å²) in [5, 5.41) is 4.91. The normalized spacial score (nSPS) is 14.2. The molecule has 2 aromatic rings. The number of benzene rings is 2. The average molecular weight is 480 g/mol. The first-order chi connectivity index (χ1) is 11.9. The maximum Gasteiger partial charge on any atom is 0.263 e. The highest BCUT2D eigenvalue weighted by atomic mass is 79.9. The van der Waals surface area contributed by atoms with Gasteiger partial charge in [0.15, 0.2) is 5.11 Å². The molecule has 4 nitrogen and oxygen atoms in total. The fourth-order valence-electron chi connectivity index (χ4n) is 2.47. The van der Waals surface area contributed by atoms with Crippen LogP contribution in [0.3, 0.4) is 0 Å². The molecule has 1 aliphatic heterocycles. The second-order valence-corrected chi connectivity index (χ2v) is 7.58. The summed E-state index contributed by atoms with van der Waals surface area (Å²) in [6.07, 6.45) is 2.25. The molecule has 0 atom stereocenters. The van der Waals surface area contributed by atoms with E-state index in [4.69, 9.17) is 12.2 Å². The number of thiocarbonyl (C=S) groups is 1. The molecule has 0 aromatic heterocycles. The van der Waals surface area contributed by atoms with Crippen molar-refractivity contribution in [2.24, 2.45) is 0 Å². The number of nitrogens with one attached hydrogen (secondary N) is 2. The van der Waals surface area contributed by atoms with Gasteiger partial charge in [0.1, 0.15) is 5.57 Å². The van der Waals surface area contributed by atoms with Gasteiger partial charge in [0.05, 0.1) is 0 Å². The minimum Gasteiger partial charge on any atom is -0.299 e. The van der Waals surface area contributed by atoms with Crippen LogP contribution in [0.1, 0.15) is 16.7 Å². The summed E-state index contributed by atoms with van der Waals surface area (Å²) in [5.74, 6) is -0.999. The summed E-state index contributed by atoms with van der Waals surface area (Å²) in [5.41, 5.74) is 2.93. The zero-order chi connectivity index (χ0) is 18.0. The third kappa shape index (κ3) is 4.23. The maximum absolute atomic E-state index is 12.1. The third-order valence-electron chi connectivity index (χ3n) is 3.69. The number of carbonyl (C=O) groups is 2. The van der Waals surface area contributed by atoms with E-state index in [-0.39, 0.29) is 10.7 Å². The van der Waals surface area contributed by atoms with Crippen molar-refractivity contribution < 1.29 is 9.59 Å². The summed E-state index contributed by atoms with van der Waals surface area (Å²) >= 11 is 11.8. The van der Waals surface area contributed by atoms with Gasteiger partial charge in [-0.2, -0.15) is 0 Å². The molecule has 0 unspecified atom stereocenters. The molecule has 0 aliphatic carbocycles. The van der Waals surface area contributed by atoms with Crippen molar-refractivity contribution in [3.63, 3.8) is 0 Å². The Morgan fingerprint density at radius 1 is 0.960 bits per heavy atom. The van der Waals surface area contributed by atoms with Gasteiger partial charge in [-0.3, -0.25) is 20.2 Å². The van der Waals surface area contributed by atoms with E-state index in [1.165, 1.54) is 0 Å². The summed E-state index contributed by atoms with van der Waals surface area (Å²) in [6.45, 7) is 0. The van der Waals surface area contributed by atoms with Crippen molar-refractivity contribution in [1.29, 1.82) is 0 Å². The molecule has 0 saturated carbocycles. The summed E-state index contributed by atoms with van der Waals surface area (Å²) < 4.78 is 1.87. The predicted molar refractivity (Wildman–Crippen MR) is 108 cm³/mol. The molecule has 1 saturated heterocycles. The Labute approximate surface area is 166 Å². The van der Waals surface area contributed by atoms with Crippen LogP contribution in [-0.2, 0) is 16.0 Å². The van der Waals surface area contributed by atoms with E-state index >= 15 is 0 Å². The molecule has 1 heterocycles. The second-order valence-electron chi connectivity index (χ2n) is 5.41. The topological polar surface area (TPSA) is 58.2 Å². The highest BCUT2D eigenvalue weighted by Gasteiger charge is 2.26. The molecule has 2 amide bonds. The van der Waals surface area contributed by atoms with Gasteiger partial charge < -0.3 is 0 Å². The molecular weight excluding hydrogens is 468 g/mol. The average Bonchev–Trinajstić information content (AvgIpc) is 2.55. The molecule has 25 heavy (non-hydrogen) atoms. The lowest BCUT2D eigenvalue weighted by Gasteiger charge is -2.17. The Kier molecular flexibility index (Phi) is 5.46. The molecule has 7 heteroatoms. The number of carbonyl (C=O) groups excluding carboxylic acids is 2. The zero-order valence-electron chi connectivity index (χ0n) is 12.8. The number of hydrogen-bond donors (Lipinski definition) is 2. The van der Waals surface area contributed by atoms with Gasteiger partial charge >= 0.3 is 0 Å². The van der Waals surface area contributed by atoms with Crippen LogP contribution in [0.4, 0.5) is 0 Å². The lowest BCUT2D eigenvalue weighted by atomic mass is 9.97. The van der Waals surface area contributed by atoms with Crippen molar-refractivity contribution in [2.45, 2.75) is 6.42 Å². The van der Waals surface area contributed by atoms with Crippen LogP contribution in [0.25, 0.3) is 6.08 Å². The highest BCUT2D eigenvalue weighted by molar-refractivity contribution is 9.10. The second kappa shape index (κ2) is 7.59. The van der Waals surface area contributed by atoms with E-state index < -0.39 is 11.8 Å². The molecule has 2 N–H and O–H groups in total. The molecule has 1 fully saturated rings. The number of halogens is 2. The summed E-state index contributed by atoms with van der Waals surface area (Å²) in [6, 6.07) is 13.7. The SMILES string of the molecule is O=C1NC(=S)NC(=O)C1=Cc1cc(Br)ccc1Cc1ccccc1Br. The first-order valence-corrected chi connectivity index (χ1v) is 9.33. The van der Waals surface area contributed by atoms with E-state index in [1.54, 1.807) is 6.08 Å². The molecule has 0 radical (unpaired) electrons. The van der Waals surface area contributed by atoms with Gasteiger partial charge in [-0.15, -0.1) is 0 Å². The fraction of sp³-hybridized carbons (Fsp3) is 0.0556. The third-order valence-corrected chi connectivity index (χ3v) is 5.16. The number of amides is 2. The molecule has 3 rings (SSSR count). The van der Waals surface area contributed by atoms with E-state index in [2.05, 4.69) is 42.5 Å². The van der Waals surface area contributed by atoms with Gasteiger partial charge in [0, 0.05) is 8.95 Å². The Morgan fingerprint density at radius 3 is 2.32 bits per heavy atom. The van der Waals surface area contributed by atoms with Crippen LogP contribution >= 0.6 is 44.1 Å². The van der Waals surface area contributed by atoms with Crippen LogP contribution in [0.5, 0.6) is 0 Å². The Morgan fingerprint density at radius 2 is 1.64 bits per heavy atom. The van der Waals surface area contributed by atoms with E-state index in [0.29, 0.717) is 6.42 Å². The number of hydrogen-bond acceptors (Lipinski definition) is 3. The van der Waals surface area contributed by atoms with Gasteiger partial charge in [0.2, 0.25) is 0 Å². The largest absolute Gasteiger partial charge is 0.299 e. The van der Waals surface area contributed by atoms with Crippen molar-refractivity contribution in [3.8, 4) is 0 Å². The summed E-state index contributed by atoms with van der Waals surface area (Å²) in [4.78, 5) is 24.2. The minimum atomic E-state index is -0.499. The molecule has 1 aliphatic rings. The Hall–Kier alpha value is -1.83. The van der Waals surface area contributed by atoms with Crippen LogP contribution in [-0.4, -0.2) is 16.9 Å². The Bertz CT molecular complexity index is 903. The standard InChI is InChI=1S/C18H12Br2N2O2S/c19-13-6-5-10(7-11-3-1-2-4-15(11)20)12(8-13)9-14-16(23)21-18(25)22-17(14)24/h1-6,8-9H,7H2,(H2,21,22,23,24,25). The van der Waals surface area contributed by atoms with Crippen molar-refractivity contribution in [2.75, 3.05) is 0 Å². The van der Waals surface area contributed by atoms with Crippen LogP contribution < -0.4 is 10.6 Å². The van der Waals surface area contributed by atoms with E-state index in [0.717, 1.165) is 25.6 Å². The van der Waals surface area contributed by atoms with Crippen LogP contribution in [0.15, 0.2) is 57.0 Å². The van der Waals surface area contributed by atoms with Gasteiger partial charge in [0.25, 0.3) is 11.8 Å². The van der Waals surface area contributed by atoms with Gasteiger partial charge in [-0.1, -0.05) is 56.1 Å². The van der Waals surface area contributed by atoms with Crippen molar-refractivity contribution in [1.82, 2.24) is 10.6 Å². The summed E-state index contributed by atoms with van der Waals surface area (Å²) in [7, 11) is 0. The van der Waals surface area contributed by atoms with Crippen molar-refractivity contribution in [3.05, 3.63) is 73.7 Å². The lowest BCUT2D eigenvalue weighted by molar-refractivity contribution is -0.123. The highest BCUT2D eigenvalue weighted by Crippen LogP contribution is 2.25. The molecule has 0 bridgehead atoms. The van der Waals surface area contributed by atoms with Gasteiger partial charge in [-0.25, -0.2) is 0 Å². The first-order valence-electron chi connectivity index (χ1n) is 7.34. The molecular formula is C18H12Br2N2O2S. The zero-order valence-corrected chi connectivity index (χ0v) is 16.8. The lowest BCUT2D eigenvalue weighted by Crippen LogP contribution is -2.51. The quantitative estimate of drug-likeness (QED) is 0.400. The van der Waals surface area contributed by atoms with Gasteiger partial charge in [-0.05, 0) is 59.6 Å². The predicted octanol–water partition coefficient (Wildman–Crippen LogP) is 3.72. The van der Waals surface area contributed by atoms with Crippen molar-refractivity contribution >= 4 is 67.1 Å². The monoisotopic (exact) mass is 478 g/mol. The number of rotatable bonds is 3. The smallest absolute Gasteiger partial charge is 0.263 e. The van der Waals surface area contributed by atoms with Crippen LogP contribution in [0.2, 0.25) is 0 Å². The van der Waals surface area contributed by atoms with Crippen LogP contribution in [0, 0.1) is 0 Å². The minimum absolute atomic E-state index is 0.0230. The molecule has 126 valence electrons. The Balaban J connectivity index is 2.01. The maximum atomic E-state index is 12.1. The molecule has 0 spiro atoms. The van der Waals surface area contributed by atoms with E-state index in [1.807, 2.05) is 42.5 Å².